The van der Waals surface area contributed by atoms with E-state index < -0.39 is 0 Å². The molecule has 0 aliphatic carbocycles. The van der Waals surface area contributed by atoms with Gasteiger partial charge in [-0.3, -0.25) is 10.1 Å². The molecule has 0 radical (unpaired) electrons. The summed E-state index contributed by atoms with van der Waals surface area (Å²) in [6, 6.07) is 4.73. The summed E-state index contributed by atoms with van der Waals surface area (Å²) >= 11 is 5.94. The van der Waals surface area contributed by atoms with E-state index in [-0.39, 0.29) is 11.9 Å². The van der Waals surface area contributed by atoms with E-state index in [9.17, 15) is 4.79 Å². The summed E-state index contributed by atoms with van der Waals surface area (Å²) < 4.78 is 6.35. The van der Waals surface area contributed by atoms with Gasteiger partial charge >= 0.3 is 0 Å². The summed E-state index contributed by atoms with van der Waals surface area (Å²) in [5, 5.41) is 13.6. The average molecular weight is 268 g/mol. The highest BCUT2D eigenvalue weighted by molar-refractivity contribution is 6.32. The van der Waals surface area contributed by atoms with Crippen molar-refractivity contribution in [1.29, 1.82) is 0 Å². The molecule has 1 aromatic heterocycles. The maximum absolute atomic E-state index is 11.9. The number of aryl methyl sites for hydroxylation is 1. The number of ether oxygens (including phenoxy) is 1. The number of halogens is 1. The molecule has 7 nitrogen and oxygen atoms in total. The van der Waals surface area contributed by atoms with Crippen LogP contribution in [0.4, 0.5) is 5.95 Å². The molecule has 1 N–H and O–H groups in total. The third kappa shape index (κ3) is 2.40. The van der Waals surface area contributed by atoms with E-state index in [1.54, 1.807) is 19.2 Å². The molecule has 1 amide bonds. The maximum Gasteiger partial charge on any atom is 0.258 e. The molecule has 0 bridgehead atoms. The number of rotatable bonds is 3. The minimum atomic E-state index is -0.350. The SMILES string of the molecule is COc1ccc(C(=O)Nc2nnnn2C)cc1Cl. The predicted molar refractivity (Wildman–Crippen MR) is 64.8 cm³/mol. The number of carbonyl (C=O) groups is 1. The largest absolute Gasteiger partial charge is 0.495 e. The number of benzene rings is 1. The van der Waals surface area contributed by atoms with Crippen molar-refractivity contribution in [2.75, 3.05) is 12.4 Å². The van der Waals surface area contributed by atoms with Crippen LogP contribution in [0.5, 0.6) is 5.75 Å². The van der Waals surface area contributed by atoms with Crippen molar-refractivity contribution >= 4 is 23.5 Å². The van der Waals surface area contributed by atoms with Gasteiger partial charge in [0.15, 0.2) is 0 Å². The van der Waals surface area contributed by atoms with Crippen LogP contribution < -0.4 is 10.1 Å². The lowest BCUT2D eigenvalue weighted by Crippen LogP contribution is -2.15. The van der Waals surface area contributed by atoms with Crippen molar-refractivity contribution < 1.29 is 9.53 Å². The van der Waals surface area contributed by atoms with Crippen molar-refractivity contribution in [2.45, 2.75) is 0 Å². The predicted octanol–water partition coefficient (Wildman–Crippen LogP) is 1.12. The van der Waals surface area contributed by atoms with E-state index in [0.717, 1.165) is 0 Å². The number of nitrogens with one attached hydrogen (secondary N) is 1. The van der Waals surface area contributed by atoms with Crippen LogP contribution in [0.1, 0.15) is 10.4 Å². The molecule has 0 saturated carbocycles. The van der Waals surface area contributed by atoms with Gasteiger partial charge < -0.3 is 4.74 Å². The molecule has 1 aromatic carbocycles. The number of methoxy groups -OCH3 is 1. The third-order valence-electron chi connectivity index (χ3n) is 2.26. The number of hydrogen-bond donors (Lipinski definition) is 1. The van der Waals surface area contributed by atoms with Crippen LogP contribution in [0.3, 0.4) is 0 Å². The molecule has 0 aliphatic heterocycles. The zero-order valence-corrected chi connectivity index (χ0v) is 10.5. The van der Waals surface area contributed by atoms with Crippen LogP contribution in [0, 0.1) is 0 Å². The van der Waals surface area contributed by atoms with Gasteiger partial charge in [0.1, 0.15) is 5.75 Å². The number of anilines is 1. The van der Waals surface area contributed by atoms with Gasteiger partial charge in [0, 0.05) is 12.6 Å². The molecule has 94 valence electrons. The van der Waals surface area contributed by atoms with E-state index in [1.165, 1.54) is 17.9 Å². The fraction of sp³-hybridized carbons (Fsp3) is 0.200. The van der Waals surface area contributed by atoms with Crippen LogP contribution >= 0.6 is 11.6 Å². The molecule has 2 aromatic rings. The highest BCUT2D eigenvalue weighted by Crippen LogP contribution is 2.25. The van der Waals surface area contributed by atoms with E-state index in [1.807, 2.05) is 0 Å². The van der Waals surface area contributed by atoms with E-state index >= 15 is 0 Å². The molecule has 0 fully saturated rings. The minimum absolute atomic E-state index is 0.256. The molecule has 0 spiro atoms. The Morgan fingerprint density at radius 3 is 2.83 bits per heavy atom. The Labute approximate surface area is 108 Å². The summed E-state index contributed by atoms with van der Waals surface area (Å²) in [5.74, 6) is 0.415. The van der Waals surface area contributed by atoms with Gasteiger partial charge in [0.2, 0.25) is 5.95 Å². The Balaban J connectivity index is 2.19. The van der Waals surface area contributed by atoms with Gasteiger partial charge in [-0.25, -0.2) is 4.68 Å². The summed E-state index contributed by atoms with van der Waals surface area (Å²) in [6.45, 7) is 0. The molecular weight excluding hydrogens is 258 g/mol. The quantitative estimate of drug-likeness (QED) is 0.901. The molecule has 2 rings (SSSR count). The molecule has 0 aliphatic rings. The number of amides is 1. The zero-order valence-electron chi connectivity index (χ0n) is 9.72. The molecule has 1 heterocycles. The number of tetrazole rings is 1. The number of hydrogen-bond acceptors (Lipinski definition) is 5. The van der Waals surface area contributed by atoms with Crippen molar-refractivity contribution in [1.82, 2.24) is 20.2 Å². The van der Waals surface area contributed by atoms with E-state index in [0.29, 0.717) is 16.3 Å². The Bertz CT molecular complexity index is 583. The second-order valence-corrected chi connectivity index (χ2v) is 3.84. The van der Waals surface area contributed by atoms with Crippen molar-refractivity contribution in [3.63, 3.8) is 0 Å². The third-order valence-corrected chi connectivity index (χ3v) is 2.55. The molecule has 0 atom stereocenters. The smallest absolute Gasteiger partial charge is 0.258 e. The van der Waals surface area contributed by atoms with Gasteiger partial charge in [-0.2, -0.15) is 0 Å². The Morgan fingerprint density at radius 2 is 2.28 bits per heavy atom. The monoisotopic (exact) mass is 267 g/mol. The average Bonchev–Trinajstić information content (AvgIpc) is 2.75. The van der Waals surface area contributed by atoms with Gasteiger partial charge in [-0.05, 0) is 28.6 Å². The molecular formula is C10H10ClN5O2. The Kier molecular flexibility index (Phi) is 3.42. The van der Waals surface area contributed by atoms with Crippen LogP contribution in [-0.2, 0) is 7.05 Å². The first kappa shape index (κ1) is 12.3. The van der Waals surface area contributed by atoms with Crippen molar-refractivity contribution in [3.8, 4) is 5.75 Å². The Hall–Kier alpha value is -2.15. The van der Waals surface area contributed by atoms with Gasteiger partial charge in [-0.1, -0.05) is 16.7 Å². The fourth-order valence-electron chi connectivity index (χ4n) is 1.32. The first-order valence-corrected chi connectivity index (χ1v) is 5.37. The molecule has 0 unspecified atom stereocenters. The number of nitrogens with zero attached hydrogens (tertiary/aromatic N) is 4. The molecule has 0 saturated heterocycles. The Morgan fingerprint density at radius 1 is 1.50 bits per heavy atom. The normalized spacial score (nSPS) is 10.2. The lowest BCUT2D eigenvalue weighted by atomic mass is 10.2. The maximum atomic E-state index is 11.9. The van der Waals surface area contributed by atoms with Crippen LogP contribution in [-0.4, -0.2) is 33.2 Å². The van der Waals surface area contributed by atoms with Gasteiger partial charge in [-0.15, -0.1) is 0 Å². The van der Waals surface area contributed by atoms with E-state index in [2.05, 4.69) is 20.8 Å². The lowest BCUT2D eigenvalue weighted by Gasteiger charge is -2.06. The zero-order chi connectivity index (χ0) is 13.1. The topological polar surface area (TPSA) is 81.9 Å². The highest BCUT2D eigenvalue weighted by Gasteiger charge is 2.12. The number of aromatic nitrogens is 4. The molecule has 8 heteroatoms. The van der Waals surface area contributed by atoms with Gasteiger partial charge in [0.05, 0.1) is 12.1 Å². The second kappa shape index (κ2) is 5.01. The standard InChI is InChI=1S/C10H10ClN5O2/c1-16-10(13-14-15-16)12-9(17)6-3-4-8(18-2)7(11)5-6/h3-5H,1-2H3,(H,12,13,15,17). The number of carbonyl (C=O) groups excluding carboxylic acids is 1. The first-order chi connectivity index (χ1) is 8.61. The summed E-state index contributed by atoms with van der Waals surface area (Å²) in [6.07, 6.45) is 0. The summed E-state index contributed by atoms with van der Waals surface area (Å²) in [7, 11) is 3.13. The van der Waals surface area contributed by atoms with Crippen LogP contribution in [0.15, 0.2) is 18.2 Å². The summed E-state index contributed by atoms with van der Waals surface area (Å²) in [4.78, 5) is 11.9. The lowest BCUT2D eigenvalue weighted by molar-refractivity contribution is 0.102. The molecule has 18 heavy (non-hydrogen) atoms. The second-order valence-electron chi connectivity index (χ2n) is 3.43. The van der Waals surface area contributed by atoms with Crippen LogP contribution in [0.2, 0.25) is 5.02 Å². The summed E-state index contributed by atoms with van der Waals surface area (Å²) in [5.41, 5.74) is 0.392. The highest BCUT2D eigenvalue weighted by atomic mass is 35.5. The van der Waals surface area contributed by atoms with Crippen molar-refractivity contribution in [2.24, 2.45) is 7.05 Å². The van der Waals surface area contributed by atoms with Crippen LogP contribution in [0.25, 0.3) is 0 Å². The first-order valence-electron chi connectivity index (χ1n) is 4.99. The fourth-order valence-corrected chi connectivity index (χ4v) is 1.57. The minimum Gasteiger partial charge on any atom is -0.495 e. The van der Waals surface area contributed by atoms with Gasteiger partial charge in [0.25, 0.3) is 5.91 Å². The van der Waals surface area contributed by atoms with Crippen molar-refractivity contribution in [3.05, 3.63) is 28.8 Å². The van der Waals surface area contributed by atoms with E-state index in [4.69, 9.17) is 16.3 Å².